The van der Waals surface area contributed by atoms with E-state index in [4.69, 9.17) is 5.73 Å². The zero-order valence-electron chi connectivity index (χ0n) is 14.5. The predicted octanol–water partition coefficient (Wildman–Crippen LogP) is 3.86. The zero-order chi connectivity index (χ0) is 17.7. The Kier molecular flexibility index (Phi) is 3.53. The van der Waals surface area contributed by atoms with Crippen LogP contribution in [0.5, 0.6) is 0 Å². The van der Waals surface area contributed by atoms with E-state index in [1.807, 2.05) is 12.1 Å². The third kappa shape index (κ3) is 2.38. The summed E-state index contributed by atoms with van der Waals surface area (Å²) in [5, 5.41) is 5.10. The molecule has 1 aliphatic rings. The van der Waals surface area contributed by atoms with Gasteiger partial charge in [0.25, 0.3) is 0 Å². The van der Waals surface area contributed by atoms with Crippen LogP contribution in [0, 0.1) is 0 Å². The van der Waals surface area contributed by atoms with Gasteiger partial charge in [-0.1, -0.05) is 32.6 Å². The molecule has 0 radical (unpaired) electrons. The first-order chi connectivity index (χ1) is 12.0. The normalized spacial score (nSPS) is 18.3. The molecule has 3 heterocycles. The molecule has 1 fully saturated rings. The topological polar surface area (TPSA) is 72.9 Å². The van der Waals surface area contributed by atoms with Crippen LogP contribution in [-0.4, -0.2) is 15.5 Å². The van der Waals surface area contributed by atoms with E-state index >= 15 is 0 Å². The minimum Gasteiger partial charge on any atom is -0.384 e. The van der Waals surface area contributed by atoms with Gasteiger partial charge in [-0.05, 0) is 42.5 Å². The van der Waals surface area contributed by atoms with Crippen molar-refractivity contribution in [2.24, 2.45) is 0 Å². The Hall–Kier alpha value is -2.82. The Labute approximate surface area is 146 Å². The maximum absolute atomic E-state index is 12.6. The first-order valence-electron chi connectivity index (χ1n) is 8.65. The van der Waals surface area contributed by atoms with Gasteiger partial charge < -0.3 is 15.6 Å². The quantitative estimate of drug-likeness (QED) is 0.747. The molecule has 5 heteroatoms. The van der Waals surface area contributed by atoms with Crippen molar-refractivity contribution >= 4 is 33.7 Å². The van der Waals surface area contributed by atoms with Gasteiger partial charge in [0.15, 0.2) is 0 Å². The third-order valence-corrected chi connectivity index (χ3v) is 4.98. The molecule has 1 unspecified atom stereocenters. The summed E-state index contributed by atoms with van der Waals surface area (Å²) in [5.41, 5.74) is 9.80. The molecule has 1 amide bonds. The molecular formula is C20H22N4O. The van der Waals surface area contributed by atoms with Crippen molar-refractivity contribution in [3.8, 4) is 0 Å². The summed E-state index contributed by atoms with van der Waals surface area (Å²) in [6.45, 7) is 8.24. The molecule has 0 spiro atoms. The van der Waals surface area contributed by atoms with Crippen LogP contribution in [-0.2, 0) is 4.79 Å². The van der Waals surface area contributed by atoms with Gasteiger partial charge >= 0.3 is 0 Å². The van der Waals surface area contributed by atoms with Gasteiger partial charge in [0.05, 0.1) is 5.52 Å². The van der Waals surface area contributed by atoms with E-state index in [9.17, 15) is 4.79 Å². The highest BCUT2D eigenvalue weighted by Gasteiger charge is 2.29. The number of nitrogens with two attached hydrogens (primary N) is 1. The van der Waals surface area contributed by atoms with Gasteiger partial charge in [-0.3, -0.25) is 4.79 Å². The zero-order valence-corrected chi connectivity index (χ0v) is 14.5. The number of aromatic nitrogens is 2. The monoisotopic (exact) mass is 334 g/mol. The van der Waals surface area contributed by atoms with E-state index in [-0.39, 0.29) is 11.9 Å². The number of nitrogen functional groups attached to an aromatic ring is 1. The van der Waals surface area contributed by atoms with Crippen molar-refractivity contribution in [1.82, 2.24) is 14.9 Å². The fraction of sp³-hybridized carbons (Fsp3) is 0.300. The molecule has 1 aliphatic heterocycles. The third-order valence-electron chi connectivity index (χ3n) is 4.98. The van der Waals surface area contributed by atoms with Crippen molar-refractivity contribution < 1.29 is 4.79 Å². The summed E-state index contributed by atoms with van der Waals surface area (Å²) in [6, 6.07) is 9.80. The SMILES string of the molecule is C=C1CCC(n2c3cccc(C(C)C)c3c3ccc(N)nc32)C(=O)N1. The van der Waals surface area contributed by atoms with Crippen LogP contribution in [0.15, 0.2) is 42.6 Å². The minimum atomic E-state index is -0.304. The second-order valence-electron chi connectivity index (χ2n) is 7.02. The lowest BCUT2D eigenvalue weighted by atomic mass is 9.97. The van der Waals surface area contributed by atoms with Crippen LogP contribution < -0.4 is 11.1 Å². The lowest BCUT2D eigenvalue weighted by Gasteiger charge is -2.26. The first kappa shape index (κ1) is 15.7. The van der Waals surface area contributed by atoms with Crippen LogP contribution in [0.2, 0.25) is 0 Å². The van der Waals surface area contributed by atoms with Gasteiger partial charge in [0.1, 0.15) is 17.5 Å². The highest BCUT2D eigenvalue weighted by molar-refractivity contribution is 6.10. The Morgan fingerprint density at radius 2 is 2.12 bits per heavy atom. The van der Waals surface area contributed by atoms with Crippen LogP contribution in [0.4, 0.5) is 5.82 Å². The summed E-state index contributed by atoms with van der Waals surface area (Å²) in [4.78, 5) is 17.2. The molecule has 1 saturated heterocycles. The largest absolute Gasteiger partial charge is 0.384 e. The maximum atomic E-state index is 12.6. The summed E-state index contributed by atoms with van der Waals surface area (Å²) in [5.74, 6) is 0.803. The van der Waals surface area contributed by atoms with E-state index in [0.717, 1.165) is 34.1 Å². The molecule has 3 N–H and O–H groups in total. The molecule has 0 bridgehead atoms. The lowest BCUT2D eigenvalue weighted by Crippen LogP contribution is -2.36. The number of rotatable bonds is 2. The Morgan fingerprint density at radius 1 is 1.32 bits per heavy atom. The number of allylic oxidation sites excluding steroid dienone is 1. The average molecular weight is 334 g/mol. The summed E-state index contributed by atoms with van der Waals surface area (Å²) in [7, 11) is 0. The molecule has 1 aromatic carbocycles. The fourth-order valence-electron chi connectivity index (χ4n) is 3.81. The summed E-state index contributed by atoms with van der Waals surface area (Å²) in [6.07, 6.45) is 1.48. The average Bonchev–Trinajstić information content (AvgIpc) is 2.88. The number of nitrogens with one attached hydrogen (secondary N) is 1. The minimum absolute atomic E-state index is 0.0331. The Morgan fingerprint density at radius 3 is 2.84 bits per heavy atom. The van der Waals surface area contributed by atoms with Crippen LogP contribution in [0.25, 0.3) is 21.9 Å². The van der Waals surface area contributed by atoms with Crippen molar-refractivity contribution in [1.29, 1.82) is 0 Å². The molecular weight excluding hydrogens is 312 g/mol. The molecule has 128 valence electrons. The molecule has 1 atom stereocenters. The number of carbonyl (C=O) groups is 1. The number of nitrogens with zero attached hydrogens (tertiary/aromatic N) is 2. The van der Waals surface area contributed by atoms with E-state index in [2.05, 4.69) is 53.5 Å². The number of fused-ring (bicyclic) bond motifs is 3. The fourth-order valence-corrected chi connectivity index (χ4v) is 3.81. The second-order valence-corrected chi connectivity index (χ2v) is 7.02. The number of amides is 1. The number of piperidine rings is 1. The van der Waals surface area contributed by atoms with Crippen LogP contribution in [0.1, 0.15) is 44.2 Å². The number of anilines is 1. The van der Waals surface area contributed by atoms with Gasteiger partial charge in [0, 0.05) is 16.5 Å². The number of benzene rings is 1. The molecule has 2 aromatic heterocycles. The van der Waals surface area contributed by atoms with E-state index in [1.165, 1.54) is 5.56 Å². The molecule has 25 heavy (non-hydrogen) atoms. The first-order valence-corrected chi connectivity index (χ1v) is 8.65. The van der Waals surface area contributed by atoms with Gasteiger partial charge in [0.2, 0.25) is 5.91 Å². The summed E-state index contributed by atoms with van der Waals surface area (Å²) < 4.78 is 2.05. The van der Waals surface area contributed by atoms with Gasteiger partial charge in [-0.2, -0.15) is 0 Å². The molecule has 0 aliphatic carbocycles. The number of hydrogen-bond donors (Lipinski definition) is 2. The highest BCUT2D eigenvalue weighted by Crippen LogP contribution is 2.38. The van der Waals surface area contributed by atoms with Gasteiger partial charge in [-0.25, -0.2) is 4.98 Å². The molecule has 4 rings (SSSR count). The van der Waals surface area contributed by atoms with E-state index in [0.29, 0.717) is 18.2 Å². The van der Waals surface area contributed by atoms with Crippen molar-refractivity contribution in [3.05, 3.63) is 48.2 Å². The number of pyridine rings is 1. The maximum Gasteiger partial charge on any atom is 0.247 e. The van der Waals surface area contributed by atoms with Crippen LogP contribution >= 0.6 is 0 Å². The van der Waals surface area contributed by atoms with Gasteiger partial charge in [-0.15, -0.1) is 0 Å². The lowest BCUT2D eigenvalue weighted by molar-refractivity contribution is -0.124. The smallest absolute Gasteiger partial charge is 0.247 e. The second kappa shape index (κ2) is 5.62. The van der Waals surface area contributed by atoms with E-state index in [1.54, 1.807) is 0 Å². The molecule has 5 nitrogen and oxygen atoms in total. The molecule has 0 saturated carbocycles. The highest BCUT2D eigenvalue weighted by atomic mass is 16.2. The Bertz CT molecular complexity index is 1020. The summed E-state index contributed by atoms with van der Waals surface area (Å²) >= 11 is 0. The molecule has 3 aromatic rings. The number of carbonyl (C=O) groups excluding carboxylic acids is 1. The van der Waals surface area contributed by atoms with Crippen molar-refractivity contribution in [2.75, 3.05) is 5.73 Å². The predicted molar refractivity (Wildman–Crippen MR) is 101 cm³/mol. The number of hydrogen-bond acceptors (Lipinski definition) is 3. The Balaban J connectivity index is 2.08. The van der Waals surface area contributed by atoms with Crippen molar-refractivity contribution in [2.45, 2.75) is 38.6 Å². The van der Waals surface area contributed by atoms with E-state index < -0.39 is 0 Å². The standard InChI is InChI=1S/C20H22N4O/c1-11(2)13-5-4-6-15-18(13)14-8-10-17(21)23-19(14)24(15)16-9-7-12(3)22-20(16)25/h4-6,8,10-11,16H,3,7,9H2,1-2H3,(H2,21,23)(H,22,25). The van der Waals surface area contributed by atoms with Crippen LogP contribution in [0.3, 0.4) is 0 Å². The van der Waals surface area contributed by atoms with Crippen molar-refractivity contribution in [3.63, 3.8) is 0 Å².